The third-order valence-corrected chi connectivity index (χ3v) is 7.55. The van der Waals surface area contributed by atoms with Gasteiger partial charge < -0.3 is 16.0 Å². The summed E-state index contributed by atoms with van der Waals surface area (Å²) < 4.78 is 27.8. The van der Waals surface area contributed by atoms with E-state index < -0.39 is 15.9 Å². The van der Waals surface area contributed by atoms with Gasteiger partial charge in [0.2, 0.25) is 0 Å². The molecule has 37 heavy (non-hydrogen) atoms. The minimum Gasteiger partial charge on any atom is -0.384 e. The van der Waals surface area contributed by atoms with Crippen LogP contribution in [0.4, 0.5) is 17.5 Å². The van der Waals surface area contributed by atoms with Crippen LogP contribution in [0.2, 0.25) is 0 Å². The maximum atomic E-state index is 13.3. The fourth-order valence-electron chi connectivity index (χ4n) is 4.36. The van der Waals surface area contributed by atoms with Gasteiger partial charge in [0.05, 0.1) is 11.3 Å². The maximum absolute atomic E-state index is 13.3. The van der Waals surface area contributed by atoms with Gasteiger partial charge in [0.15, 0.2) is 5.03 Å². The Morgan fingerprint density at radius 2 is 1.81 bits per heavy atom. The molecule has 0 bridgehead atoms. The van der Waals surface area contributed by atoms with Gasteiger partial charge >= 0.3 is 0 Å². The molecular formula is C26H33N7O3S. The smallest absolute Gasteiger partial charge is 0.281 e. The topological polar surface area (TPSA) is 143 Å². The van der Waals surface area contributed by atoms with E-state index in [1.54, 1.807) is 18.3 Å². The number of carbonyl (C=O) groups is 1. The van der Waals surface area contributed by atoms with Crippen LogP contribution in [0.1, 0.15) is 50.9 Å². The van der Waals surface area contributed by atoms with Gasteiger partial charge in [-0.2, -0.15) is 8.42 Å². The molecule has 0 spiro atoms. The predicted octanol–water partition coefficient (Wildman–Crippen LogP) is 3.68. The molecule has 1 amide bonds. The van der Waals surface area contributed by atoms with E-state index in [4.69, 9.17) is 10.7 Å². The van der Waals surface area contributed by atoms with Gasteiger partial charge in [0.25, 0.3) is 15.9 Å². The van der Waals surface area contributed by atoms with Crippen LogP contribution in [0.5, 0.6) is 0 Å². The van der Waals surface area contributed by atoms with Crippen molar-refractivity contribution in [3.63, 3.8) is 0 Å². The molecule has 1 aliphatic heterocycles. The molecule has 0 aliphatic carbocycles. The summed E-state index contributed by atoms with van der Waals surface area (Å²) in [5.74, 6) is 0.963. The monoisotopic (exact) mass is 523 g/mol. The minimum atomic E-state index is -4.23. The molecule has 0 saturated carbocycles. The van der Waals surface area contributed by atoms with Gasteiger partial charge in [0, 0.05) is 30.4 Å². The van der Waals surface area contributed by atoms with E-state index in [2.05, 4.69) is 52.6 Å². The Hall–Kier alpha value is -3.73. The molecule has 3 aromatic heterocycles. The largest absolute Gasteiger partial charge is 0.384 e. The molecule has 4 heterocycles. The normalized spacial score (nSPS) is 17.7. The number of nitrogens with zero attached hydrogens (tertiary/aromatic N) is 4. The molecule has 1 fully saturated rings. The predicted molar refractivity (Wildman–Crippen MR) is 145 cm³/mol. The van der Waals surface area contributed by atoms with E-state index in [9.17, 15) is 13.2 Å². The third-order valence-electron chi connectivity index (χ3n) is 6.31. The molecule has 0 unspecified atom stereocenters. The lowest BCUT2D eigenvalue weighted by Gasteiger charge is -2.29. The van der Waals surface area contributed by atoms with Crippen LogP contribution in [-0.4, -0.2) is 47.9 Å². The first-order chi connectivity index (χ1) is 17.5. The summed E-state index contributed by atoms with van der Waals surface area (Å²) in [6.07, 6.45) is 3.62. The second-order valence-electron chi connectivity index (χ2n) is 9.79. The number of aromatic nitrogens is 3. The summed E-state index contributed by atoms with van der Waals surface area (Å²) in [4.78, 5) is 28.5. The number of nitrogen functional groups attached to an aromatic ring is 1. The average molecular weight is 524 g/mol. The van der Waals surface area contributed by atoms with Gasteiger partial charge in [-0.1, -0.05) is 19.9 Å². The number of nitrogens with one attached hydrogen (secondary N) is 2. The fourth-order valence-corrected chi connectivity index (χ4v) is 5.31. The van der Waals surface area contributed by atoms with Crippen molar-refractivity contribution in [1.82, 2.24) is 19.7 Å². The molecule has 10 nitrogen and oxygen atoms in total. The Labute approximate surface area is 217 Å². The number of amides is 1. The number of rotatable bonds is 8. The second kappa shape index (κ2) is 10.7. The van der Waals surface area contributed by atoms with E-state index in [1.807, 2.05) is 12.1 Å². The molecule has 0 radical (unpaired) electrons. The van der Waals surface area contributed by atoms with Crippen molar-refractivity contribution in [1.29, 1.82) is 0 Å². The van der Waals surface area contributed by atoms with Gasteiger partial charge in [-0.05, 0) is 69.0 Å². The highest BCUT2D eigenvalue weighted by Crippen LogP contribution is 2.33. The first kappa shape index (κ1) is 26.3. The van der Waals surface area contributed by atoms with E-state index >= 15 is 0 Å². The summed E-state index contributed by atoms with van der Waals surface area (Å²) in [6.45, 7) is 9.22. The van der Waals surface area contributed by atoms with E-state index in [1.165, 1.54) is 18.2 Å². The Morgan fingerprint density at radius 3 is 2.43 bits per heavy atom. The van der Waals surface area contributed by atoms with Crippen LogP contribution in [-0.2, 0) is 10.0 Å². The number of sulfonamides is 1. The lowest BCUT2D eigenvalue weighted by Crippen LogP contribution is -2.37. The van der Waals surface area contributed by atoms with Gasteiger partial charge in [-0.3, -0.25) is 4.79 Å². The molecule has 0 aromatic carbocycles. The van der Waals surface area contributed by atoms with Crippen molar-refractivity contribution < 1.29 is 13.2 Å². The van der Waals surface area contributed by atoms with Gasteiger partial charge in [0.1, 0.15) is 17.5 Å². The number of pyridine rings is 3. The molecular weight excluding hydrogens is 490 g/mol. The molecule has 2 atom stereocenters. The highest BCUT2D eigenvalue weighted by molar-refractivity contribution is 7.90. The van der Waals surface area contributed by atoms with Crippen LogP contribution in [0.25, 0.3) is 11.3 Å². The highest BCUT2D eigenvalue weighted by Gasteiger charge is 2.33. The molecule has 4 N–H and O–H groups in total. The number of hydrogen-bond acceptors (Lipinski definition) is 9. The number of carbonyl (C=O) groups excluding carboxylic acids is 1. The van der Waals surface area contributed by atoms with Crippen molar-refractivity contribution in [3.8, 4) is 11.3 Å². The Kier molecular flexibility index (Phi) is 7.63. The zero-order valence-electron chi connectivity index (χ0n) is 21.5. The van der Waals surface area contributed by atoms with Crippen molar-refractivity contribution >= 4 is 33.4 Å². The first-order valence-electron chi connectivity index (χ1n) is 12.3. The van der Waals surface area contributed by atoms with Crippen LogP contribution in [0, 0.1) is 5.92 Å². The van der Waals surface area contributed by atoms with Crippen LogP contribution < -0.4 is 20.7 Å². The van der Waals surface area contributed by atoms with E-state index in [0.717, 1.165) is 30.8 Å². The van der Waals surface area contributed by atoms with Gasteiger partial charge in [-0.15, -0.1) is 0 Å². The van der Waals surface area contributed by atoms with E-state index in [0.29, 0.717) is 17.4 Å². The van der Waals surface area contributed by atoms with Crippen LogP contribution in [0.3, 0.4) is 0 Å². The minimum absolute atomic E-state index is 0.0424. The summed E-state index contributed by atoms with van der Waals surface area (Å²) in [7, 11) is -4.23. The molecule has 4 rings (SSSR count). The molecule has 1 aliphatic rings. The van der Waals surface area contributed by atoms with Crippen molar-refractivity contribution in [2.45, 2.75) is 57.6 Å². The summed E-state index contributed by atoms with van der Waals surface area (Å²) in [6, 6.07) is 11.6. The molecule has 3 aromatic rings. The van der Waals surface area contributed by atoms with E-state index in [-0.39, 0.29) is 28.5 Å². The summed E-state index contributed by atoms with van der Waals surface area (Å²) in [5, 5.41) is 2.96. The van der Waals surface area contributed by atoms with Crippen molar-refractivity contribution in [3.05, 3.63) is 54.2 Å². The lowest BCUT2D eigenvalue weighted by atomic mass is 10.1. The quantitative estimate of drug-likeness (QED) is 0.403. The van der Waals surface area contributed by atoms with Crippen LogP contribution >= 0.6 is 0 Å². The summed E-state index contributed by atoms with van der Waals surface area (Å²) in [5.41, 5.74) is 7.23. The standard InChI is InChI=1S/C26H33N7O3S/c1-16(2)14-28-23-13-10-19(15-29-23)21-12-11-20(25(30-21)33-17(3)8-9-18(33)4)26(34)32-37(35,36)24-7-5-6-22(27)31-24/h5-7,10-13,15-18H,8-9,14H2,1-4H3,(H2,27,31)(H,28,29)(H,32,34)/t17-,18+. The van der Waals surface area contributed by atoms with Crippen LogP contribution in [0.15, 0.2) is 53.7 Å². The number of nitrogens with two attached hydrogens (primary N) is 1. The SMILES string of the molecule is CC(C)CNc1ccc(-c2ccc(C(=O)NS(=O)(=O)c3cccc(N)n3)c(N3[C@H](C)CC[C@@H]3C)n2)cn1. The molecule has 11 heteroatoms. The molecule has 1 saturated heterocycles. The average Bonchev–Trinajstić information content (AvgIpc) is 3.20. The van der Waals surface area contributed by atoms with Crippen molar-refractivity contribution in [2.75, 3.05) is 22.5 Å². The lowest BCUT2D eigenvalue weighted by molar-refractivity contribution is 0.0981. The maximum Gasteiger partial charge on any atom is 0.281 e. The van der Waals surface area contributed by atoms with Gasteiger partial charge in [-0.25, -0.2) is 19.7 Å². The zero-order valence-corrected chi connectivity index (χ0v) is 22.3. The number of hydrogen-bond donors (Lipinski definition) is 3. The first-order valence-corrected chi connectivity index (χ1v) is 13.8. The third kappa shape index (κ3) is 5.99. The second-order valence-corrected chi connectivity index (χ2v) is 11.4. The Bertz CT molecular complexity index is 1370. The molecule has 196 valence electrons. The zero-order chi connectivity index (χ0) is 26.7. The Balaban J connectivity index is 1.68. The fraction of sp³-hybridized carbons (Fsp3) is 0.385. The Morgan fingerprint density at radius 1 is 1.08 bits per heavy atom. The summed E-state index contributed by atoms with van der Waals surface area (Å²) >= 11 is 0. The number of anilines is 3. The highest BCUT2D eigenvalue weighted by atomic mass is 32.2. The van der Waals surface area contributed by atoms with Crippen molar-refractivity contribution in [2.24, 2.45) is 5.92 Å².